The van der Waals surface area contributed by atoms with Crippen molar-refractivity contribution in [1.82, 2.24) is 4.72 Å². The molecule has 0 aromatic heterocycles. The van der Waals surface area contributed by atoms with Crippen molar-refractivity contribution < 1.29 is 13.6 Å². The molecule has 0 saturated heterocycles. The van der Waals surface area contributed by atoms with Crippen molar-refractivity contribution in [3.8, 4) is 0 Å². The fourth-order valence-electron chi connectivity index (χ4n) is 0.840. The number of nitrogens with two attached hydrogens (primary N) is 1. The summed E-state index contributed by atoms with van der Waals surface area (Å²) in [7, 11) is -3.37. The Morgan fingerprint density at radius 3 is 2.36 bits per heavy atom. The summed E-state index contributed by atoms with van der Waals surface area (Å²) in [6.45, 7) is 5.27. The Hall–Kier alpha value is -0.820. The average Bonchev–Trinajstić information content (AvgIpc) is 1.96. The van der Waals surface area contributed by atoms with Gasteiger partial charge in [0.1, 0.15) is 0 Å². The summed E-state index contributed by atoms with van der Waals surface area (Å²) < 4.78 is 24.9. The van der Waals surface area contributed by atoms with Gasteiger partial charge in [0.15, 0.2) is 5.84 Å². The van der Waals surface area contributed by atoms with Crippen molar-refractivity contribution in [2.24, 2.45) is 16.3 Å². The van der Waals surface area contributed by atoms with Gasteiger partial charge in [0.2, 0.25) is 10.0 Å². The van der Waals surface area contributed by atoms with Crippen LogP contribution in [-0.2, 0) is 10.0 Å². The zero-order valence-corrected chi connectivity index (χ0v) is 9.43. The number of amidine groups is 1. The van der Waals surface area contributed by atoms with Gasteiger partial charge in [-0.2, -0.15) is 0 Å². The molecule has 7 heteroatoms. The second-order valence-corrected chi connectivity index (χ2v) is 6.04. The van der Waals surface area contributed by atoms with E-state index in [9.17, 15) is 8.42 Å². The van der Waals surface area contributed by atoms with Gasteiger partial charge in [-0.05, 0) is 5.41 Å². The van der Waals surface area contributed by atoms with Gasteiger partial charge >= 0.3 is 0 Å². The van der Waals surface area contributed by atoms with Crippen LogP contribution in [0.25, 0.3) is 0 Å². The minimum absolute atomic E-state index is 0.00128. The first kappa shape index (κ1) is 13.2. The van der Waals surface area contributed by atoms with Crippen LogP contribution in [0.5, 0.6) is 0 Å². The van der Waals surface area contributed by atoms with Gasteiger partial charge in [0, 0.05) is 0 Å². The third-order valence-corrected chi connectivity index (χ3v) is 3.05. The third kappa shape index (κ3) is 6.67. The fraction of sp³-hybridized carbons (Fsp3) is 0.857. The monoisotopic (exact) mass is 223 g/mol. The van der Waals surface area contributed by atoms with Crippen LogP contribution in [0.1, 0.15) is 20.8 Å². The summed E-state index contributed by atoms with van der Waals surface area (Å²) in [4.78, 5) is 0. The lowest BCUT2D eigenvalue weighted by Crippen LogP contribution is -2.37. The highest BCUT2D eigenvalue weighted by Crippen LogP contribution is 2.14. The maximum absolute atomic E-state index is 11.4. The van der Waals surface area contributed by atoms with Crippen LogP contribution in [0.2, 0.25) is 0 Å². The summed E-state index contributed by atoms with van der Waals surface area (Å²) in [5, 5.41) is 10.8. The van der Waals surface area contributed by atoms with E-state index in [1.165, 1.54) is 0 Å². The minimum Gasteiger partial charge on any atom is -0.409 e. The van der Waals surface area contributed by atoms with E-state index in [0.717, 1.165) is 0 Å². The lowest BCUT2D eigenvalue weighted by Gasteiger charge is -2.17. The fourth-order valence-corrected chi connectivity index (χ4v) is 2.45. The highest BCUT2D eigenvalue weighted by Gasteiger charge is 2.21. The molecule has 0 spiro atoms. The van der Waals surface area contributed by atoms with Crippen LogP contribution in [0.4, 0.5) is 0 Å². The summed E-state index contributed by atoms with van der Waals surface area (Å²) in [5.41, 5.74) is 4.79. The zero-order valence-electron chi connectivity index (χ0n) is 8.61. The maximum Gasteiger partial charge on any atom is 0.212 e. The van der Waals surface area contributed by atoms with Gasteiger partial charge in [-0.1, -0.05) is 25.9 Å². The van der Waals surface area contributed by atoms with Crippen molar-refractivity contribution in [3.63, 3.8) is 0 Å². The second-order valence-electron chi connectivity index (χ2n) is 4.23. The number of rotatable bonds is 4. The van der Waals surface area contributed by atoms with Crippen molar-refractivity contribution in [2.45, 2.75) is 20.8 Å². The predicted octanol–water partition coefficient (Wildman–Crippen LogP) is -0.302. The first-order chi connectivity index (χ1) is 6.16. The smallest absolute Gasteiger partial charge is 0.212 e. The molecule has 0 rings (SSSR count). The Kier molecular flexibility index (Phi) is 4.34. The van der Waals surface area contributed by atoms with Crippen molar-refractivity contribution >= 4 is 15.9 Å². The van der Waals surface area contributed by atoms with Crippen LogP contribution < -0.4 is 10.5 Å². The molecule has 0 aromatic rings. The molecule has 14 heavy (non-hydrogen) atoms. The van der Waals surface area contributed by atoms with Gasteiger partial charge in [0.25, 0.3) is 0 Å². The van der Waals surface area contributed by atoms with Gasteiger partial charge in [-0.3, -0.25) is 0 Å². The Balaban J connectivity index is 4.24. The molecule has 0 aliphatic heterocycles. The molecule has 6 nitrogen and oxygen atoms in total. The van der Waals surface area contributed by atoms with Crippen molar-refractivity contribution in [3.05, 3.63) is 0 Å². The summed E-state index contributed by atoms with van der Waals surface area (Å²) >= 11 is 0. The topological polar surface area (TPSA) is 105 Å². The Morgan fingerprint density at radius 2 is 2.00 bits per heavy atom. The Bertz CT molecular complexity index is 303. The van der Waals surface area contributed by atoms with Gasteiger partial charge in [0.05, 0.1) is 12.3 Å². The molecule has 0 aliphatic rings. The lowest BCUT2D eigenvalue weighted by atomic mass is 10.0. The molecule has 0 unspecified atom stereocenters. The molecule has 0 aromatic carbocycles. The molecular weight excluding hydrogens is 206 g/mol. The Labute approximate surface area is 84.2 Å². The molecule has 0 atom stereocenters. The van der Waals surface area contributed by atoms with Crippen molar-refractivity contribution in [1.29, 1.82) is 0 Å². The van der Waals surface area contributed by atoms with E-state index in [-0.39, 0.29) is 23.5 Å². The Morgan fingerprint density at radius 1 is 1.50 bits per heavy atom. The first-order valence-electron chi connectivity index (χ1n) is 4.10. The molecule has 84 valence electrons. The van der Waals surface area contributed by atoms with Gasteiger partial charge < -0.3 is 10.9 Å². The normalized spacial score (nSPS) is 14.4. The summed E-state index contributed by atoms with van der Waals surface area (Å²) in [5.74, 6) is -0.166. The molecule has 0 aliphatic carbocycles. The average molecular weight is 223 g/mol. The number of nitrogens with one attached hydrogen (secondary N) is 1. The second kappa shape index (κ2) is 4.61. The number of hydrogen-bond donors (Lipinski definition) is 3. The van der Waals surface area contributed by atoms with Crippen LogP contribution in [0, 0.1) is 5.41 Å². The molecule has 0 saturated carbocycles. The van der Waals surface area contributed by atoms with Crippen molar-refractivity contribution in [2.75, 3.05) is 12.3 Å². The summed E-state index contributed by atoms with van der Waals surface area (Å²) in [6.07, 6.45) is 0. The molecule has 0 amide bonds. The van der Waals surface area contributed by atoms with E-state index in [2.05, 4.69) is 9.88 Å². The van der Waals surface area contributed by atoms with E-state index in [4.69, 9.17) is 10.9 Å². The van der Waals surface area contributed by atoms with Gasteiger partial charge in [-0.15, -0.1) is 0 Å². The van der Waals surface area contributed by atoms with Gasteiger partial charge in [-0.25, -0.2) is 13.1 Å². The zero-order chi connectivity index (χ0) is 11.4. The van der Waals surface area contributed by atoms with Crippen LogP contribution in [0.15, 0.2) is 5.16 Å². The van der Waals surface area contributed by atoms with E-state index in [0.29, 0.717) is 0 Å². The van der Waals surface area contributed by atoms with Crippen LogP contribution >= 0.6 is 0 Å². The molecule has 0 radical (unpaired) electrons. The maximum atomic E-state index is 11.4. The molecule has 0 bridgehead atoms. The lowest BCUT2D eigenvalue weighted by molar-refractivity contribution is 0.317. The van der Waals surface area contributed by atoms with E-state index in [1.54, 1.807) is 0 Å². The first-order valence-corrected chi connectivity index (χ1v) is 5.75. The van der Waals surface area contributed by atoms with Crippen LogP contribution in [-0.4, -0.2) is 31.8 Å². The number of nitrogens with zero attached hydrogens (tertiary/aromatic N) is 1. The quantitative estimate of drug-likeness (QED) is 0.263. The van der Waals surface area contributed by atoms with E-state index < -0.39 is 10.0 Å². The molecular formula is C7H17N3O3S. The minimum atomic E-state index is -3.37. The highest BCUT2D eigenvalue weighted by molar-refractivity contribution is 7.89. The SMILES string of the molecule is CC(C)(C)CS(=O)(=O)NCC(N)=NO. The van der Waals surface area contributed by atoms with E-state index >= 15 is 0 Å². The molecule has 0 fully saturated rings. The standard InChI is InChI=1S/C7H17N3O3S/c1-7(2,3)5-14(12,13)9-4-6(8)10-11/h9,11H,4-5H2,1-3H3,(H2,8,10). The van der Waals surface area contributed by atoms with E-state index in [1.807, 2.05) is 20.8 Å². The number of hydrogen-bond acceptors (Lipinski definition) is 4. The largest absolute Gasteiger partial charge is 0.409 e. The molecule has 4 N–H and O–H groups in total. The predicted molar refractivity (Wildman–Crippen MR) is 54.7 cm³/mol. The third-order valence-electron chi connectivity index (χ3n) is 1.22. The molecule has 0 heterocycles. The van der Waals surface area contributed by atoms with Crippen LogP contribution in [0.3, 0.4) is 0 Å². The highest BCUT2D eigenvalue weighted by atomic mass is 32.2. The summed E-state index contributed by atoms with van der Waals surface area (Å²) in [6, 6.07) is 0. The number of oxime groups is 1. The number of sulfonamides is 1.